The van der Waals surface area contributed by atoms with Crippen LogP contribution < -0.4 is 10.6 Å². The molecular formula is C12H12N2O3S. The van der Waals surface area contributed by atoms with Crippen molar-refractivity contribution in [3.63, 3.8) is 0 Å². The zero-order valence-corrected chi connectivity index (χ0v) is 10.3. The van der Waals surface area contributed by atoms with Gasteiger partial charge in [-0.1, -0.05) is 6.08 Å². The number of carbonyl (C=O) groups excluding carboxylic acids is 1. The highest BCUT2D eigenvalue weighted by Crippen LogP contribution is 2.33. The predicted molar refractivity (Wildman–Crippen MR) is 71.1 cm³/mol. The maximum atomic E-state index is 11.2. The predicted octanol–water partition coefficient (Wildman–Crippen LogP) is 1.78. The van der Waals surface area contributed by atoms with E-state index in [1.165, 1.54) is 17.8 Å². The molecule has 5 nitrogen and oxygen atoms in total. The van der Waals surface area contributed by atoms with Gasteiger partial charge in [0.25, 0.3) is 0 Å². The van der Waals surface area contributed by atoms with Crippen molar-refractivity contribution in [2.24, 2.45) is 0 Å². The average molecular weight is 264 g/mol. The number of hydrogen-bond acceptors (Lipinski definition) is 4. The second-order valence-corrected chi connectivity index (χ2v) is 4.69. The van der Waals surface area contributed by atoms with Gasteiger partial charge in [0.15, 0.2) is 0 Å². The number of anilines is 2. The van der Waals surface area contributed by atoms with Gasteiger partial charge in [0.2, 0.25) is 5.91 Å². The van der Waals surface area contributed by atoms with E-state index in [2.05, 4.69) is 10.6 Å². The third-order valence-electron chi connectivity index (χ3n) is 2.30. The van der Waals surface area contributed by atoms with Crippen LogP contribution in [0.2, 0.25) is 0 Å². The number of hydrogen-bond donors (Lipinski definition) is 3. The standard InChI is InChI=1S/C12H12N2O3S/c15-11-7-18-10-4-3-8(6-9(10)14-11)13-5-1-2-12(16)17/h1-4,6,13H,5,7H2,(H,14,15)(H,16,17)/b2-1+. The van der Waals surface area contributed by atoms with Gasteiger partial charge in [-0.2, -0.15) is 0 Å². The van der Waals surface area contributed by atoms with Gasteiger partial charge in [0.1, 0.15) is 0 Å². The molecule has 0 aliphatic carbocycles. The van der Waals surface area contributed by atoms with Crippen LogP contribution in [0.25, 0.3) is 0 Å². The Morgan fingerprint density at radius 2 is 2.39 bits per heavy atom. The molecule has 0 aromatic heterocycles. The number of fused-ring (bicyclic) bond motifs is 1. The summed E-state index contributed by atoms with van der Waals surface area (Å²) in [5.41, 5.74) is 1.63. The van der Waals surface area contributed by atoms with E-state index in [9.17, 15) is 9.59 Å². The van der Waals surface area contributed by atoms with Gasteiger partial charge in [-0.25, -0.2) is 4.79 Å². The molecule has 0 atom stereocenters. The zero-order chi connectivity index (χ0) is 13.0. The molecule has 94 valence electrons. The van der Waals surface area contributed by atoms with Crippen LogP contribution in [0.15, 0.2) is 35.2 Å². The van der Waals surface area contributed by atoms with Crippen LogP contribution >= 0.6 is 11.8 Å². The Hall–Kier alpha value is -1.95. The molecule has 18 heavy (non-hydrogen) atoms. The lowest BCUT2D eigenvalue weighted by Gasteiger charge is -2.17. The van der Waals surface area contributed by atoms with Crippen molar-refractivity contribution in [1.82, 2.24) is 0 Å². The average Bonchev–Trinajstić information content (AvgIpc) is 2.34. The maximum Gasteiger partial charge on any atom is 0.328 e. The first-order valence-electron chi connectivity index (χ1n) is 5.35. The Bertz CT molecular complexity index is 514. The van der Waals surface area contributed by atoms with E-state index in [1.54, 1.807) is 0 Å². The lowest BCUT2D eigenvalue weighted by molar-refractivity contribution is -0.131. The molecule has 0 spiro atoms. The molecule has 0 radical (unpaired) electrons. The third kappa shape index (κ3) is 3.27. The fourth-order valence-corrected chi connectivity index (χ4v) is 2.32. The van der Waals surface area contributed by atoms with Gasteiger partial charge in [0.05, 0.1) is 11.4 Å². The van der Waals surface area contributed by atoms with E-state index in [0.717, 1.165) is 22.3 Å². The first-order valence-corrected chi connectivity index (χ1v) is 6.34. The highest BCUT2D eigenvalue weighted by Gasteiger charge is 2.14. The van der Waals surface area contributed by atoms with Gasteiger partial charge < -0.3 is 15.7 Å². The SMILES string of the molecule is O=C(O)/C=C/CNc1ccc2c(c1)NC(=O)CS2. The Morgan fingerprint density at radius 3 is 3.17 bits per heavy atom. The molecule has 0 fully saturated rings. The van der Waals surface area contributed by atoms with Crippen LogP contribution in [0.3, 0.4) is 0 Å². The Kier molecular flexibility index (Phi) is 3.88. The van der Waals surface area contributed by atoms with Gasteiger partial charge in [-0.3, -0.25) is 4.79 Å². The minimum atomic E-state index is -0.967. The number of carbonyl (C=O) groups is 2. The Balaban J connectivity index is 2.00. The molecule has 2 rings (SSSR count). The summed E-state index contributed by atoms with van der Waals surface area (Å²) in [6.07, 6.45) is 2.61. The largest absolute Gasteiger partial charge is 0.478 e. The lowest BCUT2D eigenvalue weighted by atomic mass is 10.2. The van der Waals surface area contributed by atoms with E-state index >= 15 is 0 Å². The van der Waals surface area contributed by atoms with Crippen molar-refractivity contribution in [3.05, 3.63) is 30.4 Å². The number of amides is 1. The number of nitrogens with one attached hydrogen (secondary N) is 2. The van der Waals surface area contributed by atoms with Gasteiger partial charge in [-0.05, 0) is 18.2 Å². The number of benzene rings is 1. The number of aliphatic carboxylic acids is 1. The molecule has 1 amide bonds. The van der Waals surface area contributed by atoms with Crippen molar-refractivity contribution < 1.29 is 14.7 Å². The van der Waals surface area contributed by atoms with Crippen LogP contribution in [0.5, 0.6) is 0 Å². The monoisotopic (exact) mass is 264 g/mol. The fraction of sp³-hybridized carbons (Fsp3) is 0.167. The van der Waals surface area contributed by atoms with Crippen molar-refractivity contribution in [1.29, 1.82) is 0 Å². The molecule has 3 N–H and O–H groups in total. The molecule has 1 aliphatic rings. The smallest absolute Gasteiger partial charge is 0.328 e. The Morgan fingerprint density at radius 1 is 1.56 bits per heavy atom. The number of thioether (sulfide) groups is 1. The van der Waals surface area contributed by atoms with Crippen molar-refractivity contribution in [2.45, 2.75) is 4.90 Å². The lowest BCUT2D eigenvalue weighted by Crippen LogP contribution is -2.18. The summed E-state index contributed by atoms with van der Waals surface area (Å²) in [6, 6.07) is 5.68. The summed E-state index contributed by atoms with van der Waals surface area (Å²) in [5, 5.41) is 14.3. The van der Waals surface area contributed by atoms with E-state index in [1.807, 2.05) is 18.2 Å². The van der Waals surface area contributed by atoms with Crippen LogP contribution in [-0.4, -0.2) is 29.3 Å². The minimum absolute atomic E-state index is 0.00424. The molecule has 1 heterocycles. The van der Waals surface area contributed by atoms with E-state index in [0.29, 0.717) is 12.3 Å². The Labute approximate surface area is 108 Å². The first kappa shape index (κ1) is 12.5. The van der Waals surface area contributed by atoms with Crippen molar-refractivity contribution in [3.8, 4) is 0 Å². The third-order valence-corrected chi connectivity index (χ3v) is 3.37. The van der Waals surface area contributed by atoms with Crippen LogP contribution in [0.4, 0.5) is 11.4 Å². The molecule has 1 aliphatic heterocycles. The summed E-state index contributed by atoms with van der Waals surface area (Å²) in [4.78, 5) is 22.6. The van der Waals surface area contributed by atoms with Crippen LogP contribution in [0, 0.1) is 0 Å². The molecule has 6 heteroatoms. The zero-order valence-electron chi connectivity index (χ0n) is 9.47. The molecule has 1 aromatic carbocycles. The summed E-state index contributed by atoms with van der Waals surface area (Å²) in [7, 11) is 0. The van der Waals surface area contributed by atoms with Crippen LogP contribution in [0.1, 0.15) is 0 Å². The fourth-order valence-electron chi connectivity index (χ4n) is 1.53. The van der Waals surface area contributed by atoms with E-state index in [-0.39, 0.29) is 5.91 Å². The quantitative estimate of drug-likeness (QED) is 0.722. The number of carboxylic acid groups (broad SMARTS) is 1. The summed E-state index contributed by atoms with van der Waals surface area (Å²) in [5.74, 6) is -0.525. The molecule has 0 unspecified atom stereocenters. The summed E-state index contributed by atoms with van der Waals surface area (Å²) < 4.78 is 0. The highest BCUT2D eigenvalue weighted by molar-refractivity contribution is 8.00. The van der Waals surface area contributed by atoms with Crippen LogP contribution in [-0.2, 0) is 9.59 Å². The van der Waals surface area contributed by atoms with E-state index in [4.69, 9.17) is 5.11 Å². The topological polar surface area (TPSA) is 78.4 Å². The van der Waals surface area contributed by atoms with Gasteiger partial charge >= 0.3 is 5.97 Å². The van der Waals surface area contributed by atoms with Gasteiger partial charge in [-0.15, -0.1) is 11.8 Å². The first-order chi connectivity index (χ1) is 8.65. The second-order valence-electron chi connectivity index (χ2n) is 3.67. The van der Waals surface area contributed by atoms with Crippen molar-refractivity contribution >= 4 is 35.0 Å². The molecular weight excluding hydrogens is 252 g/mol. The maximum absolute atomic E-state index is 11.2. The number of rotatable bonds is 4. The normalized spacial score (nSPS) is 14.1. The van der Waals surface area contributed by atoms with Gasteiger partial charge in [0, 0.05) is 23.2 Å². The molecule has 0 bridgehead atoms. The molecule has 0 saturated heterocycles. The summed E-state index contributed by atoms with van der Waals surface area (Å²) >= 11 is 1.51. The van der Waals surface area contributed by atoms with E-state index < -0.39 is 5.97 Å². The highest BCUT2D eigenvalue weighted by atomic mass is 32.2. The second kappa shape index (κ2) is 5.59. The van der Waals surface area contributed by atoms with Crippen molar-refractivity contribution in [2.75, 3.05) is 22.9 Å². The number of carboxylic acids is 1. The summed E-state index contributed by atoms with van der Waals surface area (Å²) in [6.45, 7) is 0.423. The molecule has 0 saturated carbocycles. The minimum Gasteiger partial charge on any atom is -0.478 e. The molecule has 1 aromatic rings.